The molecule has 0 aliphatic rings. The van der Waals surface area contributed by atoms with E-state index in [1.165, 1.54) is 51.4 Å². The van der Waals surface area contributed by atoms with E-state index in [9.17, 15) is 4.79 Å². The lowest BCUT2D eigenvalue weighted by molar-refractivity contribution is -0.142. The molecule has 0 aliphatic heterocycles. The number of rotatable bonds is 11. The predicted molar refractivity (Wildman–Crippen MR) is 75.3 cm³/mol. The van der Waals surface area contributed by atoms with Gasteiger partial charge in [-0.25, -0.2) is 0 Å². The molecule has 0 amide bonds. The van der Waals surface area contributed by atoms with E-state index in [4.69, 9.17) is 5.73 Å². The minimum atomic E-state index is -0.447. The molecule has 0 aromatic rings. The summed E-state index contributed by atoms with van der Waals surface area (Å²) in [6.45, 7) is 2.24. The van der Waals surface area contributed by atoms with Crippen LogP contribution in [0.2, 0.25) is 0 Å². The predicted octanol–water partition coefficient (Wildman–Crippen LogP) is 2.97. The topological polar surface area (TPSA) is 52.3 Å². The van der Waals surface area contributed by atoms with Gasteiger partial charge < -0.3 is 10.5 Å². The molecule has 0 saturated carbocycles. The molecule has 0 aliphatic carbocycles. The highest BCUT2D eigenvalue weighted by Crippen LogP contribution is 2.11. The minimum Gasteiger partial charge on any atom is -0.468 e. The Morgan fingerprint density at radius 1 is 1.18 bits per heavy atom. The van der Waals surface area contributed by atoms with Crippen molar-refractivity contribution in [2.45, 2.75) is 57.9 Å². The Hall–Kier alpha value is -0.220. The van der Waals surface area contributed by atoms with Crippen LogP contribution in [0.1, 0.15) is 51.9 Å². The maximum atomic E-state index is 11.0. The molecule has 4 heteroatoms. The van der Waals surface area contributed by atoms with E-state index in [0.717, 1.165) is 5.75 Å². The van der Waals surface area contributed by atoms with Gasteiger partial charge in [-0.2, -0.15) is 11.8 Å². The Balaban J connectivity index is 3.15. The first-order valence-electron chi connectivity index (χ1n) is 6.63. The van der Waals surface area contributed by atoms with E-state index in [-0.39, 0.29) is 5.97 Å². The van der Waals surface area contributed by atoms with E-state index >= 15 is 0 Å². The highest BCUT2D eigenvalue weighted by molar-refractivity contribution is 7.99. The zero-order valence-electron chi connectivity index (χ0n) is 11.2. The lowest BCUT2D eigenvalue weighted by Gasteiger charge is -2.08. The zero-order valence-corrected chi connectivity index (χ0v) is 12.1. The van der Waals surface area contributed by atoms with Gasteiger partial charge >= 0.3 is 5.97 Å². The second-order valence-electron chi connectivity index (χ2n) is 4.30. The fraction of sp³-hybridized carbons (Fsp3) is 0.923. The van der Waals surface area contributed by atoms with Gasteiger partial charge in [0, 0.05) is 0 Å². The van der Waals surface area contributed by atoms with Crippen LogP contribution < -0.4 is 5.73 Å². The smallest absolute Gasteiger partial charge is 0.322 e. The summed E-state index contributed by atoms with van der Waals surface area (Å²) < 4.78 is 4.57. The number of carbonyl (C=O) groups excluding carboxylic acids is 1. The van der Waals surface area contributed by atoms with Crippen molar-refractivity contribution in [1.82, 2.24) is 0 Å². The largest absolute Gasteiger partial charge is 0.468 e. The molecule has 0 aromatic carbocycles. The third-order valence-corrected chi connectivity index (χ3v) is 3.82. The zero-order chi connectivity index (χ0) is 12.9. The molecule has 0 radical (unpaired) electrons. The summed E-state index contributed by atoms with van der Waals surface area (Å²) in [7, 11) is 1.38. The molecule has 0 rings (SSSR count). The van der Waals surface area contributed by atoms with Gasteiger partial charge in [-0.3, -0.25) is 4.79 Å². The van der Waals surface area contributed by atoms with Gasteiger partial charge in [-0.1, -0.05) is 39.0 Å². The van der Waals surface area contributed by atoms with Crippen LogP contribution in [0.3, 0.4) is 0 Å². The number of esters is 1. The van der Waals surface area contributed by atoms with Gasteiger partial charge in [0.25, 0.3) is 0 Å². The van der Waals surface area contributed by atoms with Crippen LogP contribution in [0, 0.1) is 0 Å². The number of hydrogen-bond donors (Lipinski definition) is 1. The fourth-order valence-corrected chi connectivity index (χ4v) is 2.60. The van der Waals surface area contributed by atoms with E-state index in [1.807, 2.05) is 11.8 Å². The quantitative estimate of drug-likeness (QED) is 0.459. The summed E-state index contributed by atoms with van der Waals surface area (Å²) in [6, 6.07) is -0.447. The maximum absolute atomic E-state index is 11.0. The van der Waals surface area contributed by atoms with Crippen LogP contribution in [0.25, 0.3) is 0 Å². The SMILES string of the molecule is CCCCCCCCSCCC(N)C(=O)OC. The number of carbonyl (C=O) groups is 1. The standard InChI is InChI=1S/C13H27NO2S/c1-3-4-5-6-7-8-10-17-11-9-12(14)13(15)16-2/h12H,3-11,14H2,1-2H3. The average molecular weight is 261 g/mol. The van der Waals surface area contributed by atoms with Gasteiger partial charge in [0.05, 0.1) is 7.11 Å². The third kappa shape index (κ3) is 10.6. The first-order valence-corrected chi connectivity index (χ1v) is 7.79. The van der Waals surface area contributed by atoms with Crippen molar-refractivity contribution in [3.63, 3.8) is 0 Å². The summed E-state index contributed by atoms with van der Waals surface area (Å²) in [4.78, 5) is 11.0. The molecule has 102 valence electrons. The van der Waals surface area contributed by atoms with Crippen LogP contribution >= 0.6 is 11.8 Å². The lowest BCUT2D eigenvalue weighted by Crippen LogP contribution is -2.32. The van der Waals surface area contributed by atoms with Crippen molar-refractivity contribution in [2.75, 3.05) is 18.6 Å². The molecule has 0 heterocycles. The molecule has 2 N–H and O–H groups in total. The Labute approximate surface area is 110 Å². The molecule has 0 aromatic heterocycles. The number of hydrogen-bond acceptors (Lipinski definition) is 4. The summed E-state index contributed by atoms with van der Waals surface area (Å²) in [6.07, 6.45) is 8.72. The normalized spacial score (nSPS) is 12.4. The minimum absolute atomic E-state index is 0.301. The molecular weight excluding hydrogens is 234 g/mol. The van der Waals surface area contributed by atoms with Crippen molar-refractivity contribution in [2.24, 2.45) is 5.73 Å². The monoisotopic (exact) mass is 261 g/mol. The van der Waals surface area contributed by atoms with Crippen LogP contribution in [-0.4, -0.2) is 30.6 Å². The highest BCUT2D eigenvalue weighted by atomic mass is 32.2. The van der Waals surface area contributed by atoms with Crippen LogP contribution in [0.4, 0.5) is 0 Å². The number of methoxy groups -OCH3 is 1. The van der Waals surface area contributed by atoms with Crippen LogP contribution in [0.15, 0.2) is 0 Å². The van der Waals surface area contributed by atoms with Gasteiger partial charge in [0.2, 0.25) is 0 Å². The lowest BCUT2D eigenvalue weighted by atomic mass is 10.1. The number of nitrogens with two attached hydrogens (primary N) is 1. The Morgan fingerprint density at radius 3 is 2.47 bits per heavy atom. The van der Waals surface area contributed by atoms with Crippen molar-refractivity contribution in [3.8, 4) is 0 Å². The summed E-state index contributed by atoms with van der Waals surface area (Å²) in [5.74, 6) is 1.83. The second kappa shape index (κ2) is 12.2. The molecule has 0 fully saturated rings. The van der Waals surface area contributed by atoms with Gasteiger partial charge in [0.15, 0.2) is 0 Å². The second-order valence-corrected chi connectivity index (χ2v) is 5.52. The van der Waals surface area contributed by atoms with Gasteiger partial charge in [-0.05, 0) is 24.3 Å². The van der Waals surface area contributed by atoms with Crippen molar-refractivity contribution in [3.05, 3.63) is 0 Å². The van der Waals surface area contributed by atoms with E-state index in [0.29, 0.717) is 6.42 Å². The van der Waals surface area contributed by atoms with Crippen molar-refractivity contribution < 1.29 is 9.53 Å². The summed E-state index contributed by atoms with van der Waals surface area (Å²) in [5, 5.41) is 0. The highest BCUT2D eigenvalue weighted by Gasteiger charge is 2.12. The van der Waals surface area contributed by atoms with E-state index < -0.39 is 6.04 Å². The molecule has 3 nitrogen and oxygen atoms in total. The molecule has 1 atom stereocenters. The van der Waals surface area contributed by atoms with E-state index in [1.54, 1.807) is 0 Å². The molecule has 0 saturated heterocycles. The van der Waals surface area contributed by atoms with E-state index in [2.05, 4.69) is 11.7 Å². The van der Waals surface area contributed by atoms with Crippen molar-refractivity contribution >= 4 is 17.7 Å². The van der Waals surface area contributed by atoms with Crippen LogP contribution in [-0.2, 0) is 9.53 Å². The maximum Gasteiger partial charge on any atom is 0.322 e. The Morgan fingerprint density at radius 2 is 1.82 bits per heavy atom. The molecule has 0 bridgehead atoms. The summed E-state index contributed by atoms with van der Waals surface area (Å²) >= 11 is 1.89. The first kappa shape index (κ1) is 16.8. The van der Waals surface area contributed by atoms with Gasteiger partial charge in [-0.15, -0.1) is 0 Å². The van der Waals surface area contributed by atoms with Crippen molar-refractivity contribution in [1.29, 1.82) is 0 Å². The molecule has 0 spiro atoms. The van der Waals surface area contributed by atoms with Gasteiger partial charge in [0.1, 0.15) is 6.04 Å². The average Bonchev–Trinajstić information content (AvgIpc) is 2.35. The summed E-state index contributed by atoms with van der Waals surface area (Å²) in [5.41, 5.74) is 5.64. The Kier molecular flexibility index (Phi) is 12.1. The Bertz CT molecular complexity index is 188. The molecule has 1 unspecified atom stereocenters. The number of unbranched alkanes of at least 4 members (excludes halogenated alkanes) is 5. The third-order valence-electron chi connectivity index (χ3n) is 2.72. The number of thioether (sulfide) groups is 1. The molecule has 17 heavy (non-hydrogen) atoms. The number of ether oxygens (including phenoxy) is 1. The van der Waals surface area contributed by atoms with Crippen LogP contribution in [0.5, 0.6) is 0 Å². The first-order chi connectivity index (χ1) is 8.22. The molecular formula is C13H27NO2S. The fourth-order valence-electron chi connectivity index (χ4n) is 1.57.